The number of aromatic nitrogens is 1. The number of para-hydroxylation sites is 1. The highest BCUT2D eigenvalue weighted by Gasteiger charge is 2.30. The summed E-state index contributed by atoms with van der Waals surface area (Å²) in [5.74, 6) is 0.0923. The van der Waals surface area contributed by atoms with Crippen LogP contribution >= 0.6 is 0 Å². The Morgan fingerprint density at radius 1 is 1.40 bits per heavy atom. The fraction of sp³-hybridized carbons (Fsp3) is 0.438. The lowest BCUT2D eigenvalue weighted by Crippen LogP contribution is -2.48. The lowest BCUT2D eigenvalue weighted by Gasteiger charge is -2.35. The number of H-pyrrole nitrogens is 1. The summed E-state index contributed by atoms with van der Waals surface area (Å²) < 4.78 is 5.50. The molecule has 3 rings (SSSR count). The van der Waals surface area contributed by atoms with E-state index in [0.29, 0.717) is 12.5 Å². The van der Waals surface area contributed by atoms with Gasteiger partial charge in [0.15, 0.2) is 0 Å². The summed E-state index contributed by atoms with van der Waals surface area (Å²) in [6, 6.07) is 8.34. The van der Waals surface area contributed by atoms with Crippen LogP contribution < -0.4 is 5.32 Å². The highest BCUT2D eigenvalue weighted by molar-refractivity contribution is 5.88. The summed E-state index contributed by atoms with van der Waals surface area (Å²) in [6.45, 7) is 2.75. The molecule has 0 saturated heterocycles. The number of carbonyl (C=O) groups is 1. The second kappa shape index (κ2) is 5.67. The molecular weight excluding hydrogens is 252 g/mol. The van der Waals surface area contributed by atoms with Gasteiger partial charge in [-0.3, -0.25) is 4.79 Å². The molecule has 0 radical (unpaired) electrons. The molecule has 2 N–H and O–H groups in total. The SMILES string of the molecule is CCOC1CC(NC(=O)Cc2c[nH]c3ccccc23)C1. The molecule has 1 fully saturated rings. The maximum absolute atomic E-state index is 12.1. The smallest absolute Gasteiger partial charge is 0.224 e. The number of fused-ring (bicyclic) bond motifs is 1. The van der Waals surface area contributed by atoms with Crippen molar-refractivity contribution in [2.45, 2.75) is 38.3 Å². The molecule has 0 spiro atoms. The molecule has 1 aliphatic rings. The average Bonchev–Trinajstić information content (AvgIpc) is 2.80. The lowest BCUT2D eigenvalue weighted by atomic mass is 9.89. The molecule has 0 aliphatic heterocycles. The van der Waals surface area contributed by atoms with Crippen molar-refractivity contribution < 1.29 is 9.53 Å². The Bertz CT molecular complexity index is 599. The van der Waals surface area contributed by atoms with Gasteiger partial charge in [0, 0.05) is 29.7 Å². The molecular formula is C16H20N2O2. The first kappa shape index (κ1) is 13.2. The first-order valence-corrected chi connectivity index (χ1v) is 7.22. The molecule has 20 heavy (non-hydrogen) atoms. The number of hydrogen-bond acceptors (Lipinski definition) is 2. The maximum Gasteiger partial charge on any atom is 0.224 e. The number of hydrogen-bond donors (Lipinski definition) is 2. The van der Waals surface area contributed by atoms with Crippen molar-refractivity contribution in [2.75, 3.05) is 6.61 Å². The van der Waals surface area contributed by atoms with Gasteiger partial charge in [-0.05, 0) is 31.4 Å². The van der Waals surface area contributed by atoms with E-state index < -0.39 is 0 Å². The second-order valence-electron chi connectivity index (χ2n) is 5.35. The number of rotatable bonds is 5. The minimum Gasteiger partial charge on any atom is -0.378 e. The van der Waals surface area contributed by atoms with Crippen molar-refractivity contribution in [3.05, 3.63) is 36.0 Å². The van der Waals surface area contributed by atoms with Gasteiger partial charge in [0.2, 0.25) is 5.91 Å². The minimum atomic E-state index is 0.0923. The van der Waals surface area contributed by atoms with Crippen molar-refractivity contribution in [3.63, 3.8) is 0 Å². The molecule has 0 bridgehead atoms. The Hall–Kier alpha value is -1.81. The van der Waals surface area contributed by atoms with Gasteiger partial charge in [0.1, 0.15) is 0 Å². The molecule has 1 aromatic heterocycles. The van der Waals surface area contributed by atoms with Crippen LogP contribution in [0.1, 0.15) is 25.3 Å². The lowest BCUT2D eigenvalue weighted by molar-refractivity contribution is -0.123. The highest BCUT2D eigenvalue weighted by Crippen LogP contribution is 2.23. The molecule has 106 valence electrons. The van der Waals surface area contributed by atoms with E-state index in [2.05, 4.69) is 10.3 Å². The van der Waals surface area contributed by atoms with Gasteiger partial charge in [-0.1, -0.05) is 18.2 Å². The van der Waals surface area contributed by atoms with Crippen LogP contribution in [0.2, 0.25) is 0 Å². The van der Waals surface area contributed by atoms with Gasteiger partial charge in [0.25, 0.3) is 0 Å². The number of carbonyl (C=O) groups excluding carboxylic acids is 1. The first-order chi connectivity index (χ1) is 9.76. The molecule has 0 atom stereocenters. The third kappa shape index (κ3) is 2.70. The van der Waals surface area contributed by atoms with Crippen LogP contribution in [-0.2, 0) is 16.0 Å². The zero-order valence-electron chi connectivity index (χ0n) is 11.7. The molecule has 4 heteroatoms. The van der Waals surface area contributed by atoms with Crippen LogP contribution in [0.5, 0.6) is 0 Å². The van der Waals surface area contributed by atoms with Crippen molar-refractivity contribution in [1.82, 2.24) is 10.3 Å². The quantitative estimate of drug-likeness (QED) is 0.878. The third-order valence-corrected chi connectivity index (χ3v) is 3.89. The molecule has 1 heterocycles. The number of nitrogens with one attached hydrogen (secondary N) is 2. The summed E-state index contributed by atoms with van der Waals surface area (Å²) >= 11 is 0. The summed E-state index contributed by atoms with van der Waals surface area (Å²) in [5, 5.41) is 4.20. The van der Waals surface area contributed by atoms with Crippen LogP contribution in [0.25, 0.3) is 10.9 Å². The zero-order chi connectivity index (χ0) is 13.9. The summed E-state index contributed by atoms with van der Waals surface area (Å²) in [6.07, 6.45) is 4.56. The number of aromatic amines is 1. The zero-order valence-corrected chi connectivity index (χ0v) is 11.7. The number of amides is 1. The fourth-order valence-electron chi connectivity index (χ4n) is 2.78. The molecule has 4 nitrogen and oxygen atoms in total. The molecule has 0 unspecified atom stereocenters. The van der Waals surface area contributed by atoms with Crippen LogP contribution in [-0.4, -0.2) is 29.6 Å². The Labute approximate surface area is 118 Å². The predicted octanol–water partition coefficient (Wildman–Crippen LogP) is 2.39. The Kier molecular flexibility index (Phi) is 3.74. The average molecular weight is 272 g/mol. The predicted molar refractivity (Wildman–Crippen MR) is 78.6 cm³/mol. The molecule has 1 aliphatic carbocycles. The van der Waals surface area contributed by atoms with Gasteiger partial charge >= 0.3 is 0 Å². The van der Waals surface area contributed by atoms with E-state index in [1.807, 2.05) is 37.4 Å². The maximum atomic E-state index is 12.1. The first-order valence-electron chi connectivity index (χ1n) is 7.22. The largest absolute Gasteiger partial charge is 0.378 e. The summed E-state index contributed by atoms with van der Waals surface area (Å²) in [4.78, 5) is 15.3. The van der Waals surface area contributed by atoms with Gasteiger partial charge in [-0.15, -0.1) is 0 Å². The summed E-state index contributed by atoms with van der Waals surface area (Å²) in [5.41, 5.74) is 2.13. The monoisotopic (exact) mass is 272 g/mol. The molecule has 1 aromatic carbocycles. The van der Waals surface area contributed by atoms with Crippen molar-refractivity contribution in [3.8, 4) is 0 Å². The van der Waals surface area contributed by atoms with Crippen molar-refractivity contribution in [2.24, 2.45) is 0 Å². The van der Waals surface area contributed by atoms with Crippen LogP contribution in [0.15, 0.2) is 30.5 Å². The van der Waals surface area contributed by atoms with Gasteiger partial charge in [0.05, 0.1) is 12.5 Å². The second-order valence-corrected chi connectivity index (χ2v) is 5.35. The molecule has 1 saturated carbocycles. The standard InChI is InChI=1S/C16H20N2O2/c1-2-20-13-8-12(9-13)18-16(19)7-11-10-17-15-6-4-3-5-14(11)15/h3-6,10,12-13,17H,2,7-9H2,1H3,(H,18,19). The highest BCUT2D eigenvalue weighted by atomic mass is 16.5. The molecule has 2 aromatic rings. The van der Waals surface area contributed by atoms with E-state index in [0.717, 1.165) is 35.9 Å². The van der Waals surface area contributed by atoms with E-state index in [9.17, 15) is 4.79 Å². The third-order valence-electron chi connectivity index (χ3n) is 3.89. The topological polar surface area (TPSA) is 54.1 Å². The van der Waals surface area contributed by atoms with E-state index in [4.69, 9.17) is 4.74 Å². The van der Waals surface area contributed by atoms with E-state index in [1.165, 1.54) is 0 Å². The van der Waals surface area contributed by atoms with E-state index in [-0.39, 0.29) is 11.9 Å². The number of ether oxygens (including phenoxy) is 1. The van der Waals surface area contributed by atoms with Crippen molar-refractivity contribution in [1.29, 1.82) is 0 Å². The van der Waals surface area contributed by atoms with Crippen LogP contribution in [0.3, 0.4) is 0 Å². The Balaban J connectivity index is 1.55. The minimum absolute atomic E-state index is 0.0923. The Morgan fingerprint density at radius 2 is 2.20 bits per heavy atom. The van der Waals surface area contributed by atoms with E-state index >= 15 is 0 Å². The molecule has 1 amide bonds. The van der Waals surface area contributed by atoms with Gasteiger partial charge in [-0.2, -0.15) is 0 Å². The van der Waals surface area contributed by atoms with Crippen molar-refractivity contribution >= 4 is 16.8 Å². The fourth-order valence-corrected chi connectivity index (χ4v) is 2.78. The van der Waals surface area contributed by atoms with Gasteiger partial charge < -0.3 is 15.0 Å². The Morgan fingerprint density at radius 3 is 3.00 bits per heavy atom. The van der Waals surface area contributed by atoms with Crippen LogP contribution in [0, 0.1) is 0 Å². The van der Waals surface area contributed by atoms with E-state index in [1.54, 1.807) is 0 Å². The number of benzene rings is 1. The van der Waals surface area contributed by atoms with Crippen LogP contribution in [0.4, 0.5) is 0 Å². The summed E-state index contributed by atoms with van der Waals surface area (Å²) in [7, 11) is 0. The van der Waals surface area contributed by atoms with Gasteiger partial charge in [-0.25, -0.2) is 0 Å². The normalized spacial score (nSPS) is 21.6.